The average molecular weight is 330 g/mol. The van der Waals surface area contributed by atoms with Crippen LogP contribution in [0, 0.1) is 11.6 Å². The second-order valence-corrected chi connectivity index (χ2v) is 5.63. The van der Waals surface area contributed by atoms with E-state index in [0.29, 0.717) is 18.7 Å². The fourth-order valence-corrected chi connectivity index (χ4v) is 2.70. The molecule has 0 saturated carbocycles. The molecule has 1 heterocycles. The molecule has 6 heteroatoms. The van der Waals surface area contributed by atoms with Gasteiger partial charge in [-0.25, -0.2) is 8.78 Å². The molecule has 0 spiro atoms. The van der Waals surface area contributed by atoms with E-state index >= 15 is 0 Å². The maximum absolute atomic E-state index is 13.6. The molecular formula is C18H16F2N2O2. The van der Waals surface area contributed by atoms with Gasteiger partial charge in [-0.05, 0) is 43.2 Å². The van der Waals surface area contributed by atoms with E-state index in [9.17, 15) is 18.4 Å². The number of carbonyl (C=O) groups excluding carboxylic acids is 2. The summed E-state index contributed by atoms with van der Waals surface area (Å²) in [5.41, 5.74) is 0.0556. The van der Waals surface area contributed by atoms with Crippen LogP contribution in [0.2, 0.25) is 0 Å². The molecule has 0 aliphatic carbocycles. The Labute approximate surface area is 138 Å². The Balaban J connectivity index is 1.80. The van der Waals surface area contributed by atoms with Crippen LogP contribution in [0.15, 0.2) is 42.5 Å². The third kappa shape index (κ3) is 3.27. The van der Waals surface area contributed by atoms with Crippen LogP contribution in [0.25, 0.3) is 0 Å². The van der Waals surface area contributed by atoms with Crippen molar-refractivity contribution in [3.63, 3.8) is 0 Å². The van der Waals surface area contributed by atoms with Crippen molar-refractivity contribution in [1.82, 2.24) is 4.90 Å². The zero-order valence-corrected chi connectivity index (χ0v) is 12.9. The molecule has 0 atom stereocenters. The Hall–Kier alpha value is -2.76. The van der Waals surface area contributed by atoms with E-state index in [4.69, 9.17) is 0 Å². The highest BCUT2D eigenvalue weighted by Gasteiger charge is 2.20. The summed E-state index contributed by atoms with van der Waals surface area (Å²) >= 11 is 0. The first-order valence-corrected chi connectivity index (χ1v) is 7.71. The van der Waals surface area contributed by atoms with Crippen LogP contribution >= 0.6 is 0 Å². The first-order chi connectivity index (χ1) is 11.6. The number of likely N-dealkylation sites (tertiary alicyclic amines) is 1. The van der Waals surface area contributed by atoms with E-state index in [1.54, 1.807) is 17.0 Å². The van der Waals surface area contributed by atoms with Crippen LogP contribution in [-0.2, 0) is 0 Å². The number of hydrogen-bond acceptors (Lipinski definition) is 2. The van der Waals surface area contributed by atoms with Crippen molar-refractivity contribution in [2.75, 3.05) is 18.4 Å². The summed E-state index contributed by atoms with van der Waals surface area (Å²) in [5.74, 6) is -2.52. The summed E-state index contributed by atoms with van der Waals surface area (Å²) in [4.78, 5) is 26.3. The molecule has 24 heavy (non-hydrogen) atoms. The lowest BCUT2D eigenvalue weighted by Crippen LogP contribution is -2.27. The van der Waals surface area contributed by atoms with Gasteiger partial charge in [0.2, 0.25) is 0 Å². The molecule has 4 nitrogen and oxygen atoms in total. The largest absolute Gasteiger partial charge is 0.339 e. The molecule has 1 saturated heterocycles. The third-order valence-corrected chi connectivity index (χ3v) is 3.97. The molecule has 0 bridgehead atoms. The zero-order valence-electron chi connectivity index (χ0n) is 12.9. The van der Waals surface area contributed by atoms with Crippen LogP contribution < -0.4 is 5.32 Å². The molecule has 0 unspecified atom stereocenters. The van der Waals surface area contributed by atoms with E-state index in [-0.39, 0.29) is 11.5 Å². The van der Waals surface area contributed by atoms with Crippen molar-refractivity contribution in [3.05, 3.63) is 65.2 Å². The highest BCUT2D eigenvalue weighted by Crippen LogP contribution is 2.20. The van der Waals surface area contributed by atoms with Gasteiger partial charge in [0.1, 0.15) is 17.3 Å². The molecule has 3 rings (SSSR count). The summed E-state index contributed by atoms with van der Waals surface area (Å²) in [7, 11) is 0. The normalized spacial score (nSPS) is 13.8. The molecule has 1 fully saturated rings. The Bertz CT molecular complexity index is 766. The smallest absolute Gasteiger partial charge is 0.255 e. The van der Waals surface area contributed by atoms with Crippen molar-refractivity contribution < 1.29 is 18.4 Å². The zero-order chi connectivity index (χ0) is 17.1. The maximum Gasteiger partial charge on any atom is 0.255 e. The third-order valence-electron chi connectivity index (χ3n) is 3.97. The minimum atomic E-state index is -0.854. The van der Waals surface area contributed by atoms with Crippen molar-refractivity contribution >= 4 is 17.5 Å². The number of rotatable bonds is 3. The van der Waals surface area contributed by atoms with Gasteiger partial charge < -0.3 is 10.2 Å². The van der Waals surface area contributed by atoms with Crippen molar-refractivity contribution in [3.8, 4) is 0 Å². The monoisotopic (exact) mass is 330 g/mol. The fraction of sp³-hybridized carbons (Fsp3) is 0.222. The molecule has 0 aromatic heterocycles. The predicted molar refractivity (Wildman–Crippen MR) is 85.9 cm³/mol. The topological polar surface area (TPSA) is 49.4 Å². The first-order valence-electron chi connectivity index (χ1n) is 7.71. The van der Waals surface area contributed by atoms with Gasteiger partial charge in [0, 0.05) is 24.2 Å². The number of para-hydroxylation sites is 1. The number of carbonyl (C=O) groups is 2. The predicted octanol–water partition coefficient (Wildman–Crippen LogP) is 3.45. The number of nitrogens with one attached hydrogen (secondary N) is 1. The van der Waals surface area contributed by atoms with Crippen LogP contribution in [0.3, 0.4) is 0 Å². The van der Waals surface area contributed by atoms with E-state index in [2.05, 4.69) is 5.32 Å². The molecule has 1 aliphatic heterocycles. The molecule has 124 valence electrons. The molecule has 0 radical (unpaired) electrons. The van der Waals surface area contributed by atoms with Gasteiger partial charge in [-0.15, -0.1) is 0 Å². The Morgan fingerprint density at radius 1 is 0.917 bits per heavy atom. The average Bonchev–Trinajstić information content (AvgIpc) is 3.12. The SMILES string of the molecule is O=C(Nc1c(F)cccc1F)c1cccc(C(=O)N2CCCC2)c1. The van der Waals surface area contributed by atoms with E-state index in [1.807, 2.05) is 0 Å². The van der Waals surface area contributed by atoms with E-state index in [0.717, 1.165) is 25.0 Å². The summed E-state index contributed by atoms with van der Waals surface area (Å²) in [6.07, 6.45) is 1.94. The lowest BCUT2D eigenvalue weighted by molar-refractivity contribution is 0.0793. The highest BCUT2D eigenvalue weighted by atomic mass is 19.1. The quantitative estimate of drug-likeness (QED) is 0.937. The van der Waals surface area contributed by atoms with E-state index in [1.165, 1.54) is 18.2 Å². The number of amides is 2. The molecule has 2 amide bonds. The van der Waals surface area contributed by atoms with Gasteiger partial charge in [-0.3, -0.25) is 9.59 Å². The van der Waals surface area contributed by atoms with Crippen molar-refractivity contribution in [1.29, 1.82) is 0 Å². The first kappa shape index (κ1) is 16.1. The molecule has 2 aromatic carbocycles. The fourth-order valence-electron chi connectivity index (χ4n) is 2.70. The second-order valence-electron chi connectivity index (χ2n) is 5.63. The standard InChI is InChI=1S/C18H16F2N2O2/c19-14-7-4-8-15(20)16(14)21-17(23)12-5-3-6-13(11-12)18(24)22-9-1-2-10-22/h3-8,11H,1-2,9-10H2,(H,21,23). The summed E-state index contributed by atoms with van der Waals surface area (Å²) in [6.45, 7) is 1.41. The van der Waals surface area contributed by atoms with Gasteiger partial charge in [0.25, 0.3) is 11.8 Å². The van der Waals surface area contributed by atoms with Crippen LogP contribution in [0.5, 0.6) is 0 Å². The highest BCUT2D eigenvalue weighted by molar-refractivity contribution is 6.06. The minimum absolute atomic E-state index is 0.140. The van der Waals surface area contributed by atoms with Crippen LogP contribution in [0.1, 0.15) is 33.6 Å². The lowest BCUT2D eigenvalue weighted by atomic mass is 10.1. The van der Waals surface area contributed by atoms with Crippen molar-refractivity contribution in [2.45, 2.75) is 12.8 Å². The number of halogens is 2. The lowest BCUT2D eigenvalue weighted by Gasteiger charge is -2.15. The number of nitrogens with zero attached hydrogens (tertiary/aromatic N) is 1. The Kier molecular flexibility index (Phi) is 4.55. The maximum atomic E-state index is 13.6. The summed E-state index contributed by atoms with van der Waals surface area (Å²) in [5, 5.41) is 2.22. The molecule has 1 aliphatic rings. The number of anilines is 1. The Morgan fingerprint density at radius 3 is 2.17 bits per heavy atom. The van der Waals surface area contributed by atoms with Gasteiger partial charge in [-0.2, -0.15) is 0 Å². The van der Waals surface area contributed by atoms with Gasteiger partial charge in [0.05, 0.1) is 0 Å². The van der Waals surface area contributed by atoms with Gasteiger partial charge in [0.15, 0.2) is 0 Å². The molecular weight excluding hydrogens is 314 g/mol. The van der Waals surface area contributed by atoms with Gasteiger partial charge in [-0.1, -0.05) is 12.1 Å². The number of hydrogen-bond donors (Lipinski definition) is 1. The van der Waals surface area contributed by atoms with Crippen LogP contribution in [-0.4, -0.2) is 29.8 Å². The Morgan fingerprint density at radius 2 is 1.50 bits per heavy atom. The van der Waals surface area contributed by atoms with Gasteiger partial charge >= 0.3 is 0 Å². The minimum Gasteiger partial charge on any atom is -0.339 e. The van der Waals surface area contributed by atoms with E-state index < -0.39 is 23.2 Å². The second kappa shape index (κ2) is 6.78. The number of benzene rings is 2. The summed E-state index contributed by atoms with van der Waals surface area (Å²) in [6, 6.07) is 9.48. The van der Waals surface area contributed by atoms with Crippen LogP contribution in [0.4, 0.5) is 14.5 Å². The molecule has 2 aromatic rings. The summed E-state index contributed by atoms with van der Waals surface area (Å²) < 4.78 is 27.2. The van der Waals surface area contributed by atoms with Crippen molar-refractivity contribution in [2.24, 2.45) is 0 Å². The molecule has 1 N–H and O–H groups in total.